The van der Waals surface area contributed by atoms with Crippen LogP contribution in [-0.2, 0) is 16.6 Å². The second kappa shape index (κ2) is 10.5. The van der Waals surface area contributed by atoms with E-state index in [9.17, 15) is 18.3 Å². The van der Waals surface area contributed by atoms with Gasteiger partial charge in [-0.2, -0.15) is 0 Å². The second-order valence-corrected chi connectivity index (χ2v) is 11.2. The molecule has 2 saturated heterocycles. The van der Waals surface area contributed by atoms with Crippen molar-refractivity contribution in [2.45, 2.75) is 19.4 Å². The van der Waals surface area contributed by atoms with E-state index >= 15 is 0 Å². The fourth-order valence-corrected chi connectivity index (χ4v) is 5.72. The Hall–Kier alpha value is -3.50. The molecule has 194 valence electrons. The lowest BCUT2D eigenvalue weighted by molar-refractivity contribution is 0.0696. The van der Waals surface area contributed by atoms with E-state index in [1.807, 2.05) is 59.5 Å². The molecule has 10 heteroatoms. The van der Waals surface area contributed by atoms with E-state index in [0.29, 0.717) is 60.8 Å². The summed E-state index contributed by atoms with van der Waals surface area (Å²) in [5, 5.41) is 10.9. The largest absolute Gasteiger partial charge is 0.478 e. The van der Waals surface area contributed by atoms with E-state index in [1.165, 1.54) is 0 Å². The number of hydrogen-bond donors (Lipinski definition) is 1. The summed E-state index contributed by atoms with van der Waals surface area (Å²) in [5.74, 6) is -0.441. The van der Waals surface area contributed by atoms with Crippen LogP contribution in [0.4, 0.5) is 0 Å². The number of carbonyl (C=O) groups is 1. The van der Waals surface area contributed by atoms with Crippen molar-refractivity contribution in [3.63, 3.8) is 0 Å². The molecule has 37 heavy (non-hydrogen) atoms. The molecular weight excluding hydrogens is 490 g/mol. The Morgan fingerprint density at radius 3 is 2.19 bits per heavy atom. The van der Waals surface area contributed by atoms with Gasteiger partial charge in [-0.15, -0.1) is 4.40 Å². The Kier molecular flexibility index (Phi) is 7.12. The fraction of sp³-hybridized carbons (Fsp3) is 0.370. The minimum absolute atomic E-state index is 0.281. The molecule has 2 aromatic carbocycles. The zero-order valence-electron chi connectivity index (χ0n) is 20.9. The second-order valence-electron chi connectivity index (χ2n) is 9.58. The lowest BCUT2D eigenvalue weighted by atomic mass is 9.96. The quantitative estimate of drug-likeness (QED) is 0.403. The smallest absolute Gasteiger partial charge is 0.336 e. The van der Waals surface area contributed by atoms with Gasteiger partial charge in [-0.1, -0.05) is 48.5 Å². The molecule has 2 aliphatic heterocycles. The van der Waals surface area contributed by atoms with Crippen LogP contribution in [0.15, 0.2) is 59.0 Å². The van der Waals surface area contributed by atoms with Crippen LogP contribution in [0.25, 0.3) is 22.2 Å². The van der Waals surface area contributed by atoms with E-state index < -0.39 is 16.0 Å². The van der Waals surface area contributed by atoms with Crippen LogP contribution in [0.1, 0.15) is 28.8 Å². The highest BCUT2D eigenvalue weighted by molar-refractivity contribution is 7.89. The van der Waals surface area contributed by atoms with E-state index in [1.54, 1.807) is 0 Å². The van der Waals surface area contributed by atoms with Crippen LogP contribution in [-0.4, -0.2) is 90.7 Å². The normalized spacial score (nSPS) is 17.5. The third-order valence-electron chi connectivity index (χ3n) is 6.93. The number of rotatable bonds is 5. The van der Waals surface area contributed by atoms with Crippen molar-refractivity contribution in [1.82, 2.24) is 19.7 Å². The molecule has 0 unspecified atom stereocenters. The first-order chi connectivity index (χ1) is 17.8. The SMILES string of the molecule is CS(=O)(=O)/N=C(\N1CCCC1)N1CCN(Cc2c(-c3ccccc3)nc3ccccc3c2C(=O)O)CC1. The maximum absolute atomic E-state index is 12.5. The van der Waals surface area contributed by atoms with Gasteiger partial charge in [0, 0.05) is 62.3 Å². The molecule has 0 spiro atoms. The van der Waals surface area contributed by atoms with Gasteiger partial charge in [-0.05, 0) is 18.9 Å². The topological polar surface area (TPSA) is 106 Å². The van der Waals surface area contributed by atoms with Gasteiger partial charge in [0.2, 0.25) is 5.96 Å². The van der Waals surface area contributed by atoms with Crippen molar-refractivity contribution in [3.05, 3.63) is 65.7 Å². The maximum Gasteiger partial charge on any atom is 0.336 e. The third-order valence-corrected chi connectivity index (χ3v) is 7.42. The monoisotopic (exact) mass is 521 g/mol. The number of fused-ring (bicyclic) bond motifs is 1. The molecule has 0 saturated carbocycles. The number of likely N-dealkylation sites (tertiary alicyclic amines) is 1. The number of pyridine rings is 1. The minimum atomic E-state index is -3.53. The summed E-state index contributed by atoms with van der Waals surface area (Å²) in [6.45, 7) is 4.55. The fourth-order valence-electron chi connectivity index (χ4n) is 5.19. The maximum atomic E-state index is 12.5. The molecule has 0 radical (unpaired) electrons. The van der Waals surface area contributed by atoms with Gasteiger partial charge in [-0.3, -0.25) is 4.90 Å². The molecular formula is C27H31N5O4S. The summed E-state index contributed by atoms with van der Waals surface area (Å²) in [6.07, 6.45) is 3.18. The first-order valence-electron chi connectivity index (χ1n) is 12.5. The zero-order valence-corrected chi connectivity index (χ0v) is 21.7. The van der Waals surface area contributed by atoms with Crippen LogP contribution in [0.2, 0.25) is 0 Å². The van der Waals surface area contributed by atoms with Crippen LogP contribution < -0.4 is 0 Å². The average molecular weight is 522 g/mol. The van der Waals surface area contributed by atoms with Crippen molar-refractivity contribution in [1.29, 1.82) is 0 Å². The summed E-state index contributed by atoms with van der Waals surface area (Å²) in [7, 11) is -3.53. The standard InChI is InChI=1S/C27H31N5O4S/c1-37(35,36)29-27(31-13-7-8-14-31)32-17-15-30(16-18-32)19-22-24(26(33)34)21-11-5-6-12-23(21)28-25(22)20-9-3-2-4-10-20/h2-6,9-12H,7-8,13-19H2,1H3,(H,33,34)/b29-27+. The van der Waals surface area contributed by atoms with Gasteiger partial charge in [0.15, 0.2) is 0 Å². The van der Waals surface area contributed by atoms with Gasteiger partial charge in [0.1, 0.15) is 0 Å². The molecule has 3 heterocycles. The first-order valence-corrected chi connectivity index (χ1v) is 14.4. The van der Waals surface area contributed by atoms with Crippen LogP contribution in [0, 0.1) is 0 Å². The number of para-hydroxylation sites is 1. The molecule has 9 nitrogen and oxygen atoms in total. The number of benzene rings is 2. The van der Waals surface area contributed by atoms with Crippen LogP contribution >= 0.6 is 0 Å². The van der Waals surface area contributed by atoms with E-state index in [2.05, 4.69) is 14.2 Å². The van der Waals surface area contributed by atoms with Gasteiger partial charge in [0.05, 0.1) is 23.0 Å². The Morgan fingerprint density at radius 1 is 0.919 bits per heavy atom. The summed E-state index contributed by atoms with van der Waals surface area (Å²) in [4.78, 5) is 23.8. The predicted molar refractivity (Wildman–Crippen MR) is 144 cm³/mol. The summed E-state index contributed by atoms with van der Waals surface area (Å²) in [5.41, 5.74) is 3.18. The van der Waals surface area contributed by atoms with Crippen molar-refractivity contribution in [3.8, 4) is 11.3 Å². The molecule has 1 aromatic heterocycles. The minimum Gasteiger partial charge on any atom is -0.478 e. The molecule has 1 N–H and O–H groups in total. The number of carboxylic acid groups (broad SMARTS) is 1. The number of hydrogen-bond acceptors (Lipinski definition) is 5. The van der Waals surface area contributed by atoms with E-state index in [0.717, 1.165) is 37.8 Å². The molecule has 0 aliphatic carbocycles. The number of guanidine groups is 1. The summed E-state index contributed by atoms with van der Waals surface area (Å²) < 4.78 is 28.1. The van der Waals surface area contributed by atoms with Crippen molar-refractivity contribution in [2.24, 2.45) is 4.40 Å². The number of piperazine rings is 1. The van der Waals surface area contributed by atoms with Gasteiger partial charge in [0.25, 0.3) is 10.0 Å². The number of nitrogens with zero attached hydrogens (tertiary/aromatic N) is 5. The molecule has 0 bridgehead atoms. The van der Waals surface area contributed by atoms with Crippen molar-refractivity contribution in [2.75, 3.05) is 45.5 Å². The Morgan fingerprint density at radius 2 is 1.54 bits per heavy atom. The van der Waals surface area contributed by atoms with E-state index in [4.69, 9.17) is 4.98 Å². The number of carboxylic acids is 1. The number of aromatic carboxylic acids is 1. The Labute approximate surface area is 217 Å². The zero-order chi connectivity index (χ0) is 26.0. The molecule has 2 fully saturated rings. The highest BCUT2D eigenvalue weighted by Crippen LogP contribution is 2.31. The summed E-state index contributed by atoms with van der Waals surface area (Å²) >= 11 is 0. The number of sulfonamides is 1. The third kappa shape index (κ3) is 5.60. The molecule has 5 rings (SSSR count). The van der Waals surface area contributed by atoms with Gasteiger partial charge >= 0.3 is 5.97 Å². The van der Waals surface area contributed by atoms with Crippen LogP contribution in [0.5, 0.6) is 0 Å². The highest BCUT2D eigenvalue weighted by atomic mass is 32.2. The van der Waals surface area contributed by atoms with Crippen LogP contribution in [0.3, 0.4) is 0 Å². The van der Waals surface area contributed by atoms with Gasteiger partial charge < -0.3 is 14.9 Å². The first kappa shape index (κ1) is 25.2. The predicted octanol–water partition coefficient (Wildman–Crippen LogP) is 3.13. The molecule has 0 amide bonds. The highest BCUT2D eigenvalue weighted by Gasteiger charge is 2.29. The summed E-state index contributed by atoms with van der Waals surface area (Å²) in [6, 6.07) is 17.0. The van der Waals surface area contributed by atoms with Crippen molar-refractivity contribution < 1.29 is 18.3 Å². The molecule has 3 aromatic rings. The van der Waals surface area contributed by atoms with Crippen molar-refractivity contribution >= 4 is 32.9 Å². The molecule has 0 atom stereocenters. The van der Waals surface area contributed by atoms with Gasteiger partial charge in [-0.25, -0.2) is 18.2 Å². The number of aromatic nitrogens is 1. The average Bonchev–Trinajstić information content (AvgIpc) is 3.42. The Bertz CT molecular complexity index is 1430. The Balaban J connectivity index is 1.46. The lowest BCUT2D eigenvalue weighted by Gasteiger charge is -2.39. The lowest BCUT2D eigenvalue weighted by Crippen LogP contribution is -2.53. The van der Waals surface area contributed by atoms with E-state index in [-0.39, 0.29) is 5.56 Å². The molecule has 2 aliphatic rings.